The van der Waals surface area contributed by atoms with Crippen LogP contribution >= 0.6 is 0 Å². The van der Waals surface area contributed by atoms with Gasteiger partial charge in [0.1, 0.15) is 18.2 Å². The molecule has 2 fully saturated rings. The molecule has 0 aliphatic carbocycles. The Morgan fingerprint density at radius 2 is 1.79 bits per heavy atom. The van der Waals surface area contributed by atoms with Crippen LogP contribution in [0.2, 0.25) is 0 Å². The van der Waals surface area contributed by atoms with E-state index in [-0.39, 0.29) is 30.2 Å². The van der Waals surface area contributed by atoms with Crippen molar-refractivity contribution in [2.75, 3.05) is 13.2 Å². The minimum Gasteiger partial charge on any atom is -0.371 e. The van der Waals surface area contributed by atoms with Gasteiger partial charge in [-0.15, -0.1) is 5.10 Å². The van der Waals surface area contributed by atoms with Gasteiger partial charge in [0.2, 0.25) is 0 Å². The molecule has 0 unspecified atom stereocenters. The second kappa shape index (κ2) is 7.38. The Labute approximate surface area is 167 Å². The zero-order valence-corrected chi connectivity index (χ0v) is 15.9. The number of nitrogens with one attached hydrogen (secondary N) is 1. The van der Waals surface area contributed by atoms with Crippen molar-refractivity contribution in [3.8, 4) is 11.4 Å². The molecule has 5 rings (SSSR count). The number of amides is 1. The maximum atomic E-state index is 12.6. The molecular formula is C21H21N5O3. The van der Waals surface area contributed by atoms with E-state index < -0.39 is 0 Å². The third-order valence-corrected chi connectivity index (χ3v) is 5.50. The van der Waals surface area contributed by atoms with Crippen molar-refractivity contribution in [2.45, 2.75) is 31.2 Å². The summed E-state index contributed by atoms with van der Waals surface area (Å²) in [5.74, 6) is 0.550. The molecule has 1 amide bonds. The van der Waals surface area contributed by atoms with E-state index in [1.54, 1.807) is 4.68 Å². The lowest BCUT2D eigenvalue weighted by Crippen LogP contribution is -2.44. The zero-order chi connectivity index (χ0) is 19.8. The summed E-state index contributed by atoms with van der Waals surface area (Å²) in [5.41, 5.74) is 2.67. The molecule has 1 N–H and O–H groups in total. The highest BCUT2D eigenvalue weighted by Crippen LogP contribution is 2.35. The number of carbonyl (C=O) groups excluding carboxylic acids is 1. The normalized spacial score (nSPS) is 25.7. The summed E-state index contributed by atoms with van der Waals surface area (Å²) in [7, 11) is 0. The minimum absolute atomic E-state index is 0.126. The molecule has 0 saturated carbocycles. The molecule has 29 heavy (non-hydrogen) atoms. The zero-order valence-electron chi connectivity index (χ0n) is 15.9. The highest BCUT2D eigenvalue weighted by Gasteiger charge is 2.50. The van der Waals surface area contributed by atoms with Crippen LogP contribution in [0.3, 0.4) is 0 Å². The predicted octanol–water partition coefficient (Wildman–Crippen LogP) is 1.79. The summed E-state index contributed by atoms with van der Waals surface area (Å²) in [5, 5.41) is 15.3. The van der Waals surface area contributed by atoms with Crippen molar-refractivity contribution in [1.29, 1.82) is 0 Å². The van der Waals surface area contributed by atoms with E-state index in [1.165, 1.54) is 0 Å². The number of benzene rings is 2. The van der Waals surface area contributed by atoms with Gasteiger partial charge in [0.15, 0.2) is 5.82 Å². The van der Waals surface area contributed by atoms with Gasteiger partial charge in [-0.05, 0) is 29.5 Å². The smallest absolute Gasteiger partial charge is 0.251 e. The molecule has 2 saturated heterocycles. The topological polar surface area (TPSA) is 91.2 Å². The number of hydrogen-bond donors (Lipinski definition) is 1. The highest BCUT2D eigenvalue weighted by atomic mass is 16.6. The van der Waals surface area contributed by atoms with Gasteiger partial charge < -0.3 is 14.8 Å². The predicted molar refractivity (Wildman–Crippen MR) is 104 cm³/mol. The van der Waals surface area contributed by atoms with Crippen LogP contribution in [0, 0.1) is 6.92 Å². The van der Waals surface area contributed by atoms with Crippen LogP contribution in [0.4, 0.5) is 0 Å². The summed E-state index contributed by atoms with van der Waals surface area (Å²) in [6, 6.07) is 16.9. The van der Waals surface area contributed by atoms with Crippen LogP contribution in [0.1, 0.15) is 22.0 Å². The minimum atomic E-state index is -0.234. The largest absolute Gasteiger partial charge is 0.371 e. The van der Waals surface area contributed by atoms with Gasteiger partial charge >= 0.3 is 0 Å². The number of aromatic nitrogens is 4. The van der Waals surface area contributed by atoms with E-state index in [9.17, 15) is 4.79 Å². The first-order valence-electron chi connectivity index (χ1n) is 9.65. The number of rotatable bonds is 4. The van der Waals surface area contributed by atoms with E-state index in [4.69, 9.17) is 9.47 Å². The lowest BCUT2D eigenvalue weighted by molar-refractivity contribution is 0.0615. The molecule has 2 aromatic carbocycles. The maximum Gasteiger partial charge on any atom is 0.251 e. The van der Waals surface area contributed by atoms with Crippen LogP contribution in [0.25, 0.3) is 11.4 Å². The Bertz CT molecular complexity index is 1000. The fraction of sp³-hybridized carbons (Fsp3) is 0.333. The van der Waals surface area contributed by atoms with Gasteiger partial charge in [-0.1, -0.05) is 48.0 Å². The third-order valence-electron chi connectivity index (χ3n) is 5.50. The molecule has 0 bridgehead atoms. The second-order valence-electron chi connectivity index (χ2n) is 7.42. The lowest BCUT2D eigenvalue weighted by Gasteiger charge is -2.18. The maximum absolute atomic E-state index is 12.6. The van der Waals surface area contributed by atoms with E-state index in [0.29, 0.717) is 24.6 Å². The quantitative estimate of drug-likeness (QED) is 0.729. The molecule has 3 heterocycles. The molecular weight excluding hydrogens is 370 g/mol. The number of aryl methyl sites for hydroxylation is 1. The first-order chi connectivity index (χ1) is 14.2. The summed E-state index contributed by atoms with van der Waals surface area (Å²) < 4.78 is 13.8. The Morgan fingerprint density at radius 3 is 2.59 bits per heavy atom. The fourth-order valence-electron chi connectivity index (χ4n) is 3.96. The third kappa shape index (κ3) is 3.30. The number of nitrogens with zero attached hydrogens (tertiary/aromatic N) is 4. The van der Waals surface area contributed by atoms with Gasteiger partial charge in [0.05, 0.1) is 19.3 Å². The Kier molecular flexibility index (Phi) is 4.57. The Hall–Kier alpha value is -3.10. The monoisotopic (exact) mass is 391 g/mol. The van der Waals surface area contributed by atoms with Gasteiger partial charge in [-0.2, -0.15) is 0 Å². The van der Waals surface area contributed by atoms with Crippen LogP contribution in [-0.4, -0.2) is 57.6 Å². The molecule has 2 aliphatic heterocycles. The van der Waals surface area contributed by atoms with Crippen molar-refractivity contribution in [2.24, 2.45) is 0 Å². The molecule has 0 radical (unpaired) electrons. The van der Waals surface area contributed by atoms with Crippen LogP contribution in [0.15, 0.2) is 54.6 Å². The molecule has 3 aromatic rings. The van der Waals surface area contributed by atoms with Crippen molar-refractivity contribution in [3.05, 3.63) is 65.7 Å². The molecule has 1 aromatic heterocycles. The average Bonchev–Trinajstić information content (AvgIpc) is 3.46. The molecule has 8 heteroatoms. The Morgan fingerprint density at radius 1 is 1.03 bits per heavy atom. The summed E-state index contributed by atoms with van der Waals surface area (Å²) in [4.78, 5) is 12.6. The van der Waals surface area contributed by atoms with E-state index in [1.807, 2.05) is 61.5 Å². The van der Waals surface area contributed by atoms with Gasteiger partial charge in [-0.3, -0.25) is 4.79 Å². The first kappa shape index (κ1) is 18.0. The summed E-state index contributed by atoms with van der Waals surface area (Å²) in [6.07, 6.45) is -0.452. The van der Waals surface area contributed by atoms with Crippen molar-refractivity contribution in [3.63, 3.8) is 0 Å². The number of tetrazole rings is 1. The van der Waals surface area contributed by atoms with Crippen molar-refractivity contribution >= 4 is 5.91 Å². The SMILES string of the molecule is Cc1ccc(C(=O)N[C@@H]2CO[C@@H]3[C@@H]2OC[C@@H]3n2nnnc2-c2ccccc2)cc1. The molecule has 4 atom stereocenters. The summed E-state index contributed by atoms with van der Waals surface area (Å²) in [6.45, 7) is 2.82. The van der Waals surface area contributed by atoms with Crippen molar-refractivity contribution in [1.82, 2.24) is 25.5 Å². The number of carbonyl (C=O) groups is 1. The molecule has 2 aliphatic rings. The molecule has 148 valence electrons. The van der Waals surface area contributed by atoms with E-state index >= 15 is 0 Å². The van der Waals surface area contributed by atoms with E-state index in [0.717, 1.165) is 11.1 Å². The van der Waals surface area contributed by atoms with Crippen molar-refractivity contribution < 1.29 is 14.3 Å². The summed E-state index contributed by atoms with van der Waals surface area (Å²) >= 11 is 0. The van der Waals surface area contributed by atoms with Gasteiger partial charge in [0.25, 0.3) is 5.91 Å². The number of fused-ring (bicyclic) bond motifs is 1. The average molecular weight is 391 g/mol. The van der Waals surface area contributed by atoms with Crippen LogP contribution in [0.5, 0.6) is 0 Å². The first-order valence-corrected chi connectivity index (χ1v) is 9.65. The number of ether oxygens (including phenoxy) is 2. The van der Waals surface area contributed by atoms with Gasteiger partial charge in [-0.25, -0.2) is 4.68 Å². The Balaban J connectivity index is 1.32. The fourth-order valence-corrected chi connectivity index (χ4v) is 3.96. The number of hydrogen-bond acceptors (Lipinski definition) is 6. The standard InChI is InChI=1S/C21H21N5O3/c1-13-7-9-15(10-8-13)21(27)22-16-11-28-19-17(12-29-18(16)19)26-20(23-24-25-26)14-5-3-2-4-6-14/h2-10,16-19H,11-12H2,1H3,(H,22,27)/t16-,17+,18-,19+/m1/s1. The van der Waals surface area contributed by atoms with Crippen LogP contribution in [-0.2, 0) is 9.47 Å². The highest BCUT2D eigenvalue weighted by molar-refractivity contribution is 5.94. The van der Waals surface area contributed by atoms with Gasteiger partial charge in [0, 0.05) is 11.1 Å². The molecule has 8 nitrogen and oxygen atoms in total. The van der Waals surface area contributed by atoms with Crippen LogP contribution < -0.4 is 5.32 Å². The lowest BCUT2D eigenvalue weighted by atomic mass is 10.1. The second-order valence-corrected chi connectivity index (χ2v) is 7.42. The molecule has 0 spiro atoms. The van der Waals surface area contributed by atoms with E-state index in [2.05, 4.69) is 20.8 Å².